The van der Waals surface area contributed by atoms with Crippen LogP contribution < -0.4 is 0 Å². The lowest BCUT2D eigenvalue weighted by Crippen LogP contribution is -2.72. The number of hydrogen-bond acceptors (Lipinski definition) is 5. The highest BCUT2D eigenvalue weighted by Gasteiger charge is 2.61. The minimum atomic E-state index is -1.72. The van der Waals surface area contributed by atoms with Gasteiger partial charge in [-0.2, -0.15) is 0 Å². The Bertz CT molecular complexity index is 1520. The summed E-state index contributed by atoms with van der Waals surface area (Å²) in [5, 5.41) is 2.32. The molecule has 1 heterocycles. The highest BCUT2D eigenvalue weighted by atomic mass is 27.2. The Kier molecular flexibility index (Phi) is 16.0. The van der Waals surface area contributed by atoms with Crippen LogP contribution in [0.2, 0.25) is 10.6 Å². The zero-order valence-electron chi connectivity index (χ0n) is 32.4. The van der Waals surface area contributed by atoms with Crippen LogP contribution in [0.5, 0.6) is 0 Å². The molecule has 0 aliphatic carbocycles. The summed E-state index contributed by atoms with van der Waals surface area (Å²) >= 11 is -1.72. The van der Waals surface area contributed by atoms with E-state index in [0.29, 0.717) is 50.8 Å². The van der Waals surface area contributed by atoms with Gasteiger partial charge in [0.2, 0.25) is 0 Å². The third-order valence-electron chi connectivity index (χ3n) is 10.0. The summed E-state index contributed by atoms with van der Waals surface area (Å²) < 4.78 is 35.4. The first kappa shape index (κ1) is 40.4. The van der Waals surface area contributed by atoms with Crippen molar-refractivity contribution in [2.45, 2.75) is 114 Å². The van der Waals surface area contributed by atoms with Crippen LogP contribution in [0, 0.1) is 17.8 Å². The molecular weight excluding hydrogens is 659 g/mol. The number of benzene rings is 4. The molecule has 5 rings (SSSR count). The van der Waals surface area contributed by atoms with Crippen molar-refractivity contribution < 1.29 is 23.7 Å². The summed E-state index contributed by atoms with van der Waals surface area (Å²) in [6.45, 7) is 16.4. The summed E-state index contributed by atoms with van der Waals surface area (Å²) in [6.07, 6.45) is -0.598. The zero-order valence-corrected chi connectivity index (χ0v) is 33.5. The summed E-state index contributed by atoms with van der Waals surface area (Å²) in [5.74, 6) is 1.47. The second-order valence-electron chi connectivity index (χ2n) is 15.9. The Morgan fingerprint density at radius 1 is 0.519 bits per heavy atom. The topological polar surface area (TPSA) is 46.2 Å². The van der Waals surface area contributed by atoms with Crippen LogP contribution >= 0.6 is 0 Å². The van der Waals surface area contributed by atoms with E-state index in [4.69, 9.17) is 23.7 Å². The Labute approximate surface area is 318 Å². The summed E-state index contributed by atoms with van der Waals surface area (Å²) in [7, 11) is 0. The molecule has 0 saturated carbocycles. The van der Waals surface area contributed by atoms with Gasteiger partial charge in [0.25, 0.3) is 0 Å². The largest absolute Gasteiger partial charge is 0.379 e. The van der Waals surface area contributed by atoms with Gasteiger partial charge in [0.1, 0.15) is 24.4 Å². The average molecular weight is 721 g/mol. The number of ether oxygens (including phenoxy) is 5. The van der Waals surface area contributed by atoms with Crippen LogP contribution in [0.25, 0.3) is 0 Å². The minimum absolute atomic E-state index is 0.334. The molecule has 278 valence electrons. The molecule has 0 aromatic heterocycles. The molecule has 4 aromatic rings. The Morgan fingerprint density at radius 3 is 1.35 bits per heavy atom. The third kappa shape index (κ3) is 11.9. The van der Waals surface area contributed by atoms with E-state index in [1.807, 2.05) is 12.1 Å². The SMILES string of the molecule is CC(C)[CH2][Al]([CH2]C(C)C)[C@]1(CC(C)C)O[C@H](COCc2ccccc2)[C@@H](OCc2ccccc2)[C@H](OCc2ccccc2)[C@H]1OCc1ccccc1. The van der Waals surface area contributed by atoms with Crippen molar-refractivity contribution >= 4 is 14.1 Å². The quantitative estimate of drug-likeness (QED) is 0.0851. The standard InChI is InChI=1S/C38H43O5.2C4H9.Al/c1-29(2)23-34-36(40-25-31-17-9-4-10-18-31)38(42-27-33-21-13-6-14-22-33)37(41-26-32-19-11-5-12-20-32)35(43-34)28-39-24-30-15-7-3-8-16-30;2*1-4(2)3;/h3-22,29,35-38H,23-28H2,1-2H3;2*4H,1H2,2-3H3;/t35-,36+,37-,38-;;;/m1.../s1. The van der Waals surface area contributed by atoms with Gasteiger partial charge in [0, 0.05) is 4.46 Å². The van der Waals surface area contributed by atoms with Gasteiger partial charge >= 0.3 is 14.1 Å². The zero-order chi connectivity index (χ0) is 36.8. The van der Waals surface area contributed by atoms with Crippen molar-refractivity contribution in [3.05, 3.63) is 144 Å². The second kappa shape index (κ2) is 20.6. The molecule has 1 saturated heterocycles. The third-order valence-corrected chi connectivity index (χ3v) is 15.1. The minimum Gasteiger partial charge on any atom is -0.379 e. The van der Waals surface area contributed by atoms with E-state index >= 15 is 0 Å². The molecule has 52 heavy (non-hydrogen) atoms. The first-order valence-corrected chi connectivity index (χ1v) is 21.7. The van der Waals surface area contributed by atoms with Crippen molar-refractivity contribution in [3.63, 3.8) is 0 Å². The Morgan fingerprint density at radius 2 is 0.923 bits per heavy atom. The summed E-state index contributed by atoms with van der Waals surface area (Å²) in [6, 6.07) is 41.8. The van der Waals surface area contributed by atoms with Crippen molar-refractivity contribution in [2.24, 2.45) is 17.8 Å². The van der Waals surface area contributed by atoms with E-state index in [2.05, 4.69) is 151 Å². The van der Waals surface area contributed by atoms with Crippen molar-refractivity contribution in [1.82, 2.24) is 0 Å². The van der Waals surface area contributed by atoms with Gasteiger partial charge < -0.3 is 23.7 Å². The number of rotatable bonds is 20. The lowest BCUT2D eigenvalue weighted by Gasteiger charge is -2.56. The predicted octanol–water partition coefficient (Wildman–Crippen LogP) is 10.5. The molecule has 1 aliphatic heterocycles. The highest BCUT2D eigenvalue weighted by molar-refractivity contribution is 6.62. The fraction of sp³-hybridized carbons (Fsp3) is 0.478. The van der Waals surface area contributed by atoms with Crippen molar-refractivity contribution in [3.8, 4) is 0 Å². The maximum Gasteiger partial charge on any atom is 0.316 e. The van der Waals surface area contributed by atoms with Crippen LogP contribution in [-0.4, -0.2) is 49.6 Å². The fourth-order valence-electron chi connectivity index (χ4n) is 7.92. The van der Waals surface area contributed by atoms with E-state index in [0.717, 1.165) is 39.2 Å². The fourth-order valence-corrected chi connectivity index (χ4v) is 13.1. The Balaban J connectivity index is 1.62. The van der Waals surface area contributed by atoms with Crippen LogP contribution in [0.3, 0.4) is 0 Å². The molecule has 1 fully saturated rings. The van der Waals surface area contributed by atoms with Crippen LogP contribution in [-0.2, 0) is 50.1 Å². The van der Waals surface area contributed by atoms with Gasteiger partial charge in [-0.1, -0.05) is 185 Å². The van der Waals surface area contributed by atoms with Gasteiger partial charge in [-0.3, -0.25) is 0 Å². The molecule has 0 bridgehead atoms. The maximum absolute atomic E-state index is 7.78. The highest BCUT2D eigenvalue weighted by Crippen LogP contribution is 2.45. The molecule has 5 atom stereocenters. The first-order valence-electron chi connectivity index (χ1n) is 19.5. The smallest absolute Gasteiger partial charge is 0.316 e. The molecule has 0 radical (unpaired) electrons. The van der Waals surface area contributed by atoms with Crippen LogP contribution in [0.1, 0.15) is 70.2 Å². The summed E-state index contributed by atoms with van der Waals surface area (Å²) in [4.78, 5) is 0. The van der Waals surface area contributed by atoms with Gasteiger partial charge in [0.15, 0.2) is 0 Å². The lowest BCUT2D eigenvalue weighted by molar-refractivity contribution is -0.290. The Hall–Kier alpha value is -2.79. The molecular formula is C46H61AlO5. The summed E-state index contributed by atoms with van der Waals surface area (Å²) in [5.41, 5.74) is 4.52. The van der Waals surface area contributed by atoms with Gasteiger partial charge in [0.05, 0.1) is 33.0 Å². The van der Waals surface area contributed by atoms with E-state index in [9.17, 15) is 0 Å². The maximum atomic E-state index is 7.78. The van der Waals surface area contributed by atoms with E-state index in [1.165, 1.54) is 0 Å². The van der Waals surface area contributed by atoms with Crippen molar-refractivity contribution in [2.75, 3.05) is 6.61 Å². The van der Waals surface area contributed by atoms with E-state index in [1.54, 1.807) is 0 Å². The average Bonchev–Trinajstić information content (AvgIpc) is 3.14. The van der Waals surface area contributed by atoms with Crippen molar-refractivity contribution in [1.29, 1.82) is 0 Å². The number of hydrogen-bond donors (Lipinski definition) is 0. The lowest BCUT2D eigenvalue weighted by atomic mass is 9.88. The molecule has 0 spiro atoms. The van der Waals surface area contributed by atoms with Gasteiger partial charge in [-0.25, -0.2) is 0 Å². The molecule has 0 amide bonds. The molecule has 5 nitrogen and oxygen atoms in total. The monoisotopic (exact) mass is 720 g/mol. The molecule has 0 N–H and O–H groups in total. The predicted molar refractivity (Wildman–Crippen MR) is 213 cm³/mol. The second-order valence-corrected chi connectivity index (χ2v) is 19.2. The molecule has 0 unspecified atom stereocenters. The van der Waals surface area contributed by atoms with Crippen LogP contribution in [0.15, 0.2) is 121 Å². The van der Waals surface area contributed by atoms with Crippen LogP contribution in [0.4, 0.5) is 0 Å². The normalized spacial score (nSPS) is 21.9. The first-order chi connectivity index (χ1) is 25.2. The molecule has 1 aliphatic rings. The molecule has 4 aromatic carbocycles. The van der Waals surface area contributed by atoms with E-state index in [-0.39, 0.29) is 18.3 Å². The van der Waals surface area contributed by atoms with E-state index < -0.39 is 24.7 Å². The van der Waals surface area contributed by atoms with Gasteiger partial charge in [-0.15, -0.1) is 0 Å². The van der Waals surface area contributed by atoms with Gasteiger partial charge in [-0.05, 0) is 34.6 Å². The molecule has 6 heteroatoms.